The van der Waals surface area contributed by atoms with Gasteiger partial charge in [0, 0.05) is 11.4 Å². The number of phenols is 1. The predicted octanol–water partition coefficient (Wildman–Crippen LogP) is 2.92. The van der Waals surface area contributed by atoms with Crippen molar-refractivity contribution in [1.82, 2.24) is 14.8 Å². The lowest BCUT2D eigenvalue weighted by atomic mass is 9.94. The first-order valence-electron chi connectivity index (χ1n) is 8.69. The van der Waals surface area contributed by atoms with E-state index >= 15 is 0 Å². The largest absolute Gasteiger partial charge is 0.504 e. The highest BCUT2D eigenvalue weighted by molar-refractivity contribution is 6.06. The topological polar surface area (TPSA) is 101 Å². The number of aromatic hydroxyl groups is 1. The molecule has 0 aliphatic carbocycles. The molecule has 0 saturated carbocycles. The van der Waals surface area contributed by atoms with E-state index in [0.717, 1.165) is 5.56 Å². The second-order valence-corrected chi connectivity index (χ2v) is 6.35. The molecule has 1 aromatic heterocycles. The number of phenolic OH excluding ortho intramolecular Hbond substituents is 1. The van der Waals surface area contributed by atoms with Gasteiger partial charge in [0.15, 0.2) is 11.5 Å². The first-order valence-corrected chi connectivity index (χ1v) is 8.69. The van der Waals surface area contributed by atoms with Gasteiger partial charge >= 0.3 is 0 Å². The molecule has 2 heterocycles. The molecular formula is C20H19N5O3. The van der Waals surface area contributed by atoms with Crippen LogP contribution in [0.3, 0.4) is 0 Å². The fraction of sp³-hybridized carbons (Fsp3) is 0.150. The van der Waals surface area contributed by atoms with Gasteiger partial charge in [0.2, 0.25) is 5.95 Å². The summed E-state index contributed by atoms with van der Waals surface area (Å²) in [6.07, 6.45) is 1.43. The smallest absolute Gasteiger partial charge is 0.255 e. The predicted molar refractivity (Wildman–Crippen MR) is 104 cm³/mol. The molecule has 0 fully saturated rings. The quantitative estimate of drug-likeness (QED) is 0.646. The van der Waals surface area contributed by atoms with Crippen molar-refractivity contribution in [3.8, 4) is 11.5 Å². The summed E-state index contributed by atoms with van der Waals surface area (Å²) >= 11 is 0. The van der Waals surface area contributed by atoms with Crippen molar-refractivity contribution in [1.29, 1.82) is 0 Å². The van der Waals surface area contributed by atoms with Crippen LogP contribution in [0.4, 0.5) is 11.6 Å². The van der Waals surface area contributed by atoms with E-state index in [0.29, 0.717) is 28.7 Å². The van der Waals surface area contributed by atoms with Gasteiger partial charge in [-0.3, -0.25) is 4.79 Å². The lowest BCUT2D eigenvalue weighted by Gasteiger charge is -2.29. The van der Waals surface area contributed by atoms with Crippen LogP contribution in [0.2, 0.25) is 0 Å². The van der Waals surface area contributed by atoms with E-state index in [1.807, 2.05) is 37.3 Å². The molecule has 1 atom stereocenters. The molecule has 142 valence electrons. The van der Waals surface area contributed by atoms with Gasteiger partial charge < -0.3 is 20.5 Å². The number of rotatable bonds is 4. The van der Waals surface area contributed by atoms with E-state index in [4.69, 9.17) is 4.74 Å². The van der Waals surface area contributed by atoms with Crippen LogP contribution in [0, 0.1) is 0 Å². The molecule has 0 unspecified atom stereocenters. The summed E-state index contributed by atoms with van der Waals surface area (Å²) in [6, 6.07) is 13.7. The molecule has 8 heteroatoms. The fourth-order valence-corrected chi connectivity index (χ4v) is 3.28. The van der Waals surface area contributed by atoms with E-state index in [2.05, 4.69) is 20.7 Å². The van der Waals surface area contributed by atoms with Crippen LogP contribution >= 0.6 is 0 Å². The number of nitrogens with one attached hydrogen (secondary N) is 2. The van der Waals surface area contributed by atoms with E-state index in [1.54, 1.807) is 16.8 Å². The van der Waals surface area contributed by atoms with E-state index in [1.165, 1.54) is 19.5 Å². The third kappa shape index (κ3) is 3.05. The lowest BCUT2D eigenvalue weighted by molar-refractivity contribution is -0.113. The lowest BCUT2D eigenvalue weighted by Crippen LogP contribution is -2.31. The third-order valence-corrected chi connectivity index (χ3v) is 4.59. The Hall–Kier alpha value is -3.81. The summed E-state index contributed by atoms with van der Waals surface area (Å²) in [6.45, 7) is 1.82. The number of ether oxygens (including phenoxy) is 1. The summed E-state index contributed by atoms with van der Waals surface area (Å²) in [5.41, 5.74) is 2.60. The molecule has 3 N–H and O–H groups in total. The monoisotopic (exact) mass is 377 g/mol. The Morgan fingerprint density at radius 2 is 2.04 bits per heavy atom. The number of fused-ring (bicyclic) bond motifs is 1. The van der Waals surface area contributed by atoms with Gasteiger partial charge in [-0.05, 0) is 36.8 Å². The van der Waals surface area contributed by atoms with Crippen LogP contribution in [0.15, 0.2) is 66.1 Å². The number of hydrogen-bond acceptors (Lipinski definition) is 6. The van der Waals surface area contributed by atoms with Crippen molar-refractivity contribution >= 4 is 17.5 Å². The minimum absolute atomic E-state index is 0.0231. The number of amides is 1. The number of aromatic nitrogens is 3. The number of para-hydroxylation sites is 1. The van der Waals surface area contributed by atoms with Crippen LogP contribution in [-0.2, 0) is 4.79 Å². The minimum Gasteiger partial charge on any atom is -0.504 e. The number of carbonyl (C=O) groups excluding carboxylic acids is 1. The van der Waals surface area contributed by atoms with Crippen molar-refractivity contribution in [3.63, 3.8) is 0 Å². The Balaban J connectivity index is 1.79. The van der Waals surface area contributed by atoms with Gasteiger partial charge in [0.1, 0.15) is 12.4 Å². The van der Waals surface area contributed by atoms with E-state index in [-0.39, 0.29) is 11.7 Å². The van der Waals surface area contributed by atoms with Gasteiger partial charge in [-0.25, -0.2) is 4.68 Å². The fourth-order valence-electron chi connectivity index (χ4n) is 3.28. The molecule has 1 aliphatic heterocycles. The zero-order chi connectivity index (χ0) is 19.7. The standard InChI is InChI=1S/C20H19N5O3/c1-12-17(19(27)24-14-6-4-3-5-7-14)18(25-20(23-12)21-11-22-25)13-8-9-15(26)16(10-13)28-2/h3-11,18,26H,1-2H3,(H,24,27)(H,21,22,23)/t18-/m1/s1. The summed E-state index contributed by atoms with van der Waals surface area (Å²) in [7, 11) is 1.48. The molecule has 0 bridgehead atoms. The number of hydrogen-bond donors (Lipinski definition) is 3. The average Bonchev–Trinajstić information content (AvgIpc) is 3.16. The maximum atomic E-state index is 13.2. The number of anilines is 2. The van der Waals surface area contributed by atoms with Crippen LogP contribution in [0.25, 0.3) is 0 Å². The highest BCUT2D eigenvalue weighted by Gasteiger charge is 2.33. The second kappa shape index (κ2) is 7.07. The van der Waals surface area contributed by atoms with Crippen molar-refractivity contribution in [2.75, 3.05) is 17.7 Å². The average molecular weight is 377 g/mol. The Bertz CT molecular complexity index is 1060. The molecule has 0 spiro atoms. The zero-order valence-corrected chi connectivity index (χ0v) is 15.4. The Labute approximate surface area is 161 Å². The first kappa shape index (κ1) is 17.6. The van der Waals surface area contributed by atoms with Gasteiger partial charge in [-0.1, -0.05) is 24.3 Å². The molecule has 0 saturated heterocycles. The molecule has 2 aromatic carbocycles. The summed E-state index contributed by atoms with van der Waals surface area (Å²) in [5, 5.41) is 20.3. The third-order valence-electron chi connectivity index (χ3n) is 4.59. The SMILES string of the molecule is COc1cc([C@@H]2C(C(=O)Nc3ccccc3)=C(C)Nc3ncnn32)ccc1O. The molecule has 0 radical (unpaired) electrons. The highest BCUT2D eigenvalue weighted by atomic mass is 16.5. The Morgan fingerprint density at radius 1 is 1.25 bits per heavy atom. The van der Waals surface area contributed by atoms with Crippen molar-refractivity contribution in [2.45, 2.75) is 13.0 Å². The maximum absolute atomic E-state index is 13.2. The molecule has 8 nitrogen and oxygen atoms in total. The second-order valence-electron chi connectivity index (χ2n) is 6.35. The molecular weight excluding hydrogens is 358 g/mol. The molecule has 3 aromatic rings. The number of methoxy groups -OCH3 is 1. The Kier molecular flexibility index (Phi) is 4.44. The summed E-state index contributed by atoms with van der Waals surface area (Å²) in [4.78, 5) is 17.4. The summed E-state index contributed by atoms with van der Waals surface area (Å²) < 4.78 is 6.87. The van der Waals surface area contributed by atoms with Crippen LogP contribution in [0.1, 0.15) is 18.5 Å². The van der Waals surface area contributed by atoms with Gasteiger partial charge in [-0.15, -0.1) is 0 Å². The number of benzene rings is 2. The minimum atomic E-state index is -0.531. The van der Waals surface area contributed by atoms with Crippen LogP contribution in [-0.4, -0.2) is 32.9 Å². The molecule has 28 heavy (non-hydrogen) atoms. The van der Waals surface area contributed by atoms with Gasteiger partial charge in [0.25, 0.3) is 5.91 Å². The van der Waals surface area contributed by atoms with Crippen molar-refractivity contribution < 1.29 is 14.6 Å². The normalized spacial score (nSPS) is 15.6. The zero-order valence-electron chi connectivity index (χ0n) is 15.4. The van der Waals surface area contributed by atoms with Crippen molar-refractivity contribution in [2.24, 2.45) is 0 Å². The highest BCUT2D eigenvalue weighted by Crippen LogP contribution is 2.38. The summed E-state index contributed by atoms with van der Waals surface area (Å²) in [5.74, 6) is 0.619. The van der Waals surface area contributed by atoms with E-state index in [9.17, 15) is 9.90 Å². The molecule has 1 aliphatic rings. The molecule has 4 rings (SSSR count). The Morgan fingerprint density at radius 3 is 2.79 bits per heavy atom. The first-order chi connectivity index (χ1) is 13.6. The number of allylic oxidation sites excluding steroid dienone is 1. The molecule has 1 amide bonds. The van der Waals surface area contributed by atoms with Gasteiger partial charge in [0.05, 0.1) is 12.7 Å². The number of nitrogens with zero attached hydrogens (tertiary/aromatic N) is 3. The van der Waals surface area contributed by atoms with E-state index < -0.39 is 6.04 Å². The number of carbonyl (C=O) groups is 1. The maximum Gasteiger partial charge on any atom is 0.255 e. The van der Waals surface area contributed by atoms with Crippen LogP contribution < -0.4 is 15.4 Å². The van der Waals surface area contributed by atoms with Gasteiger partial charge in [-0.2, -0.15) is 10.1 Å². The van der Waals surface area contributed by atoms with Crippen LogP contribution in [0.5, 0.6) is 11.5 Å². The van der Waals surface area contributed by atoms with Crippen molar-refractivity contribution in [3.05, 3.63) is 71.7 Å².